The van der Waals surface area contributed by atoms with Crippen LogP contribution in [0.5, 0.6) is 0 Å². The Kier molecular flexibility index (Phi) is 6.10. The average molecular weight is 499 g/mol. The van der Waals surface area contributed by atoms with Crippen molar-refractivity contribution in [2.75, 3.05) is 18.0 Å². The first-order chi connectivity index (χ1) is 17.2. The number of rotatable bonds is 4. The Bertz CT molecular complexity index is 1460. The highest BCUT2D eigenvalue weighted by Crippen LogP contribution is 2.33. The number of piperidine rings is 1. The van der Waals surface area contributed by atoms with Gasteiger partial charge in [0.25, 0.3) is 5.56 Å². The van der Waals surface area contributed by atoms with Crippen molar-refractivity contribution in [1.82, 2.24) is 29.5 Å². The lowest BCUT2D eigenvalue weighted by atomic mass is 9.89. The van der Waals surface area contributed by atoms with E-state index in [1.165, 1.54) is 23.2 Å². The third-order valence-electron chi connectivity index (χ3n) is 6.43. The molecule has 0 unspecified atom stereocenters. The fourth-order valence-corrected chi connectivity index (χ4v) is 4.73. The number of nitrogens with zero attached hydrogens (tertiary/aromatic N) is 7. The van der Waals surface area contributed by atoms with Crippen LogP contribution in [0.2, 0.25) is 0 Å². The minimum absolute atomic E-state index is 0.163. The molecule has 0 spiro atoms. The van der Waals surface area contributed by atoms with Gasteiger partial charge in [-0.05, 0) is 43.4 Å². The molecule has 0 N–H and O–H groups in total. The third kappa shape index (κ3) is 4.38. The van der Waals surface area contributed by atoms with Gasteiger partial charge in [-0.3, -0.25) is 19.3 Å². The topological polar surface area (TPSA) is 89.7 Å². The molecule has 1 fully saturated rings. The minimum Gasteiger partial charge on any atom is -0.368 e. The summed E-state index contributed by atoms with van der Waals surface area (Å²) in [5, 5.41) is 0. The van der Waals surface area contributed by atoms with E-state index in [0.29, 0.717) is 42.7 Å². The van der Waals surface area contributed by atoms with E-state index >= 15 is 0 Å². The smallest absolute Gasteiger partial charge is 0.368 e. The van der Waals surface area contributed by atoms with Crippen molar-refractivity contribution in [3.05, 3.63) is 81.9 Å². The monoisotopic (exact) mass is 499 g/mol. The predicted molar refractivity (Wildman–Crippen MR) is 123 cm³/mol. The molecule has 4 aromatic rings. The molecular weight excluding hydrogens is 478 g/mol. The molecule has 8 nitrogen and oxygen atoms in total. The number of aromatic nitrogens is 6. The van der Waals surface area contributed by atoms with Crippen LogP contribution in [0.3, 0.4) is 0 Å². The largest absolute Gasteiger partial charge is 0.435 e. The van der Waals surface area contributed by atoms with Gasteiger partial charge in [-0.15, -0.1) is 0 Å². The summed E-state index contributed by atoms with van der Waals surface area (Å²) < 4.78 is 56.1. The van der Waals surface area contributed by atoms with Crippen LogP contribution in [0, 0.1) is 12.9 Å². The standard InChI is InChI=1S/C24H21F4N7O/c1-14-2-5-32-21(25)19(14)34-10-3-15(4-11-34)16-12-17-22(33-9-7-29-17)35(23(16)36)13-18-20(24(26,27)28)31-8-6-30-18/h2,5-9,12,15H,3-4,10-11,13H2,1H3. The van der Waals surface area contributed by atoms with E-state index in [4.69, 9.17) is 0 Å². The highest BCUT2D eigenvalue weighted by atomic mass is 19.4. The lowest BCUT2D eigenvalue weighted by Crippen LogP contribution is -2.37. The maximum absolute atomic E-state index is 14.4. The molecule has 4 aromatic heterocycles. The van der Waals surface area contributed by atoms with Crippen LogP contribution in [-0.4, -0.2) is 42.6 Å². The SMILES string of the molecule is Cc1ccnc(F)c1N1CCC(c2cc3nccnc3n(Cc3nccnc3C(F)(F)F)c2=O)CC1. The van der Waals surface area contributed by atoms with E-state index in [0.717, 1.165) is 18.0 Å². The molecule has 5 heterocycles. The van der Waals surface area contributed by atoms with Crippen LogP contribution in [0.1, 0.15) is 41.3 Å². The van der Waals surface area contributed by atoms with Crippen LogP contribution in [0.25, 0.3) is 11.2 Å². The lowest BCUT2D eigenvalue weighted by Gasteiger charge is -2.34. The molecule has 0 saturated carbocycles. The molecule has 0 bridgehead atoms. The Morgan fingerprint density at radius 3 is 2.39 bits per heavy atom. The number of alkyl halides is 3. The number of hydrogen-bond donors (Lipinski definition) is 0. The summed E-state index contributed by atoms with van der Waals surface area (Å²) in [7, 11) is 0. The van der Waals surface area contributed by atoms with Crippen molar-refractivity contribution < 1.29 is 17.6 Å². The normalized spacial score (nSPS) is 15.0. The molecule has 12 heteroatoms. The van der Waals surface area contributed by atoms with Gasteiger partial charge < -0.3 is 4.90 Å². The average Bonchev–Trinajstić information content (AvgIpc) is 2.86. The number of fused-ring (bicyclic) bond motifs is 1. The molecule has 0 aliphatic carbocycles. The molecular formula is C24H21F4N7O. The molecule has 0 radical (unpaired) electrons. The highest BCUT2D eigenvalue weighted by Gasteiger charge is 2.36. The van der Waals surface area contributed by atoms with Crippen LogP contribution >= 0.6 is 0 Å². The third-order valence-corrected chi connectivity index (χ3v) is 6.43. The van der Waals surface area contributed by atoms with Crippen molar-refractivity contribution in [3.63, 3.8) is 0 Å². The fraction of sp³-hybridized carbons (Fsp3) is 0.333. The first-order valence-corrected chi connectivity index (χ1v) is 11.3. The first kappa shape index (κ1) is 23.8. The van der Waals surface area contributed by atoms with Crippen LogP contribution in [0.15, 0.2) is 47.9 Å². The summed E-state index contributed by atoms with van der Waals surface area (Å²) in [6, 6.07) is 3.39. The second-order valence-corrected chi connectivity index (χ2v) is 8.63. The number of halogens is 4. The molecule has 1 aliphatic rings. The molecule has 36 heavy (non-hydrogen) atoms. The van der Waals surface area contributed by atoms with Crippen LogP contribution in [0.4, 0.5) is 23.2 Å². The van der Waals surface area contributed by atoms with Crippen LogP contribution < -0.4 is 10.5 Å². The van der Waals surface area contributed by atoms with Gasteiger partial charge in [-0.25, -0.2) is 15.0 Å². The minimum atomic E-state index is -4.72. The van der Waals surface area contributed by atoms with Crippen molar-refractivity contribution in [2.45, 2.75) is 38.4 Å². The summed E-state index contributed by atoms with van der Waals surface area (Å²) in [6.07, 6.45) is 2.75. The molecule has 0 aromatic carbocycles. The number of aryl methyl sites for hydroxylation is 1. The second kappa shape index (κ2) is 9.25. The molecule has 186 valence electrons. The van der Waals surface area contributed by atoms with Gasteiger partial charge in [0.15, 0.2) is 11.3 Å². The van der Waals surface area contributed by atoms with Crippen molar-refractivity contribution in [2.24, 2.45) is 0 Å². The van der Waals surface area contributed by atoms with E-state index in [-0.39, 0.29) is 17.3 Å². The lowest BCUT2D eigenvalue weighted by molar-refractivity contribution is -0.142. The van der Waals surface area contributed by atoms with Gasteiger partial charge >= 0.3 is 6.18 Å². The molecule has 0 amide bonds. The zero-order chi connectivity index (χ0) is 25.4. The summed E-state index contributed by atoms with van der Waals surface area (Å²) >= 11 is 0. The van der Waals surface area contributed by atoms with Gasteiger partial charge in [-0.1, -0.05) is 0 Å². The molecule has 1 saturated heterocycles. The second-order valence-electron chi connectivity index (χ2n) is 8.63. The highest BCUT2D eigenvalue weighted by molar-refractivity contribution is 5.71. The van der Waals surface area contributed by atoms with E-state index < -0.39 is 29.9 Å². The van der Waals surface area contributed by atoms with Crippen molar-refractivity contribution >= 4 is 16.9 Å². The van der Waals surface area contributed by atoms with Gasteiger partial charge in [0, 0.05) is 49.6 Å². The Hall–Kier alpha value is -3.96. The first-order valence-electron chi connectivity index (χ1n) is 11.3. The zero-order valence-corrected chi connectivity index (χ0v) is 19.2. The molecule has 1 aliphatic heterocycles. The number of anilines is 1. The Balaban J connectivity index is 1.51. The predicted octanol–water partition coefficient (Wildman–Crippen LogP) is 3.88. The van der Waals surface area contributed by atoms with E-state index in [1.54, 1.807) is 12.1 Å². The molecule has 5 rings (SSSR count). The number of pyridine rings is 2. The zero-order valence-electron chi connectivity index (χ0n) is 19.2. The molecule has 0 atom stereocenters. The van der Waals surface area contributed by atoms with E-state index in [2.05, 4.69) is 24.9 Å². The van der Waals surface area contributed by atoms with Gasteiger partial charge in [-0.2, -0.15) is 17.6 Å². The van der Waals surface area contributed by atoms with Crippen LogP contribution in [-0.2, 0) is 12.7 Å². The Morgan fingerprint density at radius 2 is 1.67 bits per heavy atom. The van der Waals surface area contributed by atoms with Gasteiger partial charge in [0.05, 0.1) is 17.9 Å². The summed E-state index contributed by atoms with van der Waals surface area (Å²) in [4.78, 5) is 35.0. The summed E-state index contributed by atoms with van der Waals surface area (Å²) in [6.45, 7) is 2.35. The fourth-order valence-electron chi connectivity index (χ4n) is 4.73. The van der Waals surface area contributed by atoms with Crippen molar-refractivity contribution in [3.8, 4) is 0 Å². The number of hydrogen-bond acceptors (Lipinski definition) is 7. The van der Waals surface area contributed by atoms with Gasteiger partial charge in [0.2, 0.25) is 5.95 Å². The van der Waals surface area contributed by atoms with E-state index in [9.17, 15) is 22.4 Å². The Labute approximate surface area is 202 Å². The van der Waals surface area contributed by atoms with E-state index in [1.807, 2.05) is 11.8 Å². The Morgan fingerprint density at radius 1 is 0.972 bits per heavy atom. The quantitative estimate of drug-likeness (QED) is 0.311. The summed E-state index contributed by atoms with van der Waals surface area (Å²) in [5.41, 5.74) is 0.216. The summed E-state index contributed by atoms with van der Waals surface area (Å²) in [5.74, 6) is -0.725. The maximum Gasteiger partial charge on any atom is 0.435 e. The van der Waals surface area contributed by atoms with Crippen molar-refractivity contribution in [1.29, 1.82) is 0 Å². The maximum atomic E-state index is 14.4. The van der Waals surface area contributed by atoms with Gasteiger partial charge in [0.1, 0.15) is 5.52 Å².